The average Bonchev–Trinajstić information content (AvgIpc) is 2.90. The third kappa shape index (κ3) is 6.29. The number of nitrogens with zero attached hydrogens (tertiary/aromatic N) is 1. The Kier molecular flexibility index (Phi) is 6.71. The van der Waals surface area contributed by atoms with E-state index in [1.807, 2.05) is 6.92 Å². The van der Waals surface area contributed by atoms with Crippen molar-refractivity contribution >= 4 is 12.0 Å². The first kappa shape index (κ1) is 17.0. The smallest absolute Gasteiger partial charge is 0.326 e. The van der Waals surface area contributed by atoms with Gasteiger partial charge in [0.25, 0.3) is 0 Å². The van der Waals surface area contributed by atoms with E-state index in [4.69, 9.17) is 5.11 Å². The summed E-state index contributed by atoms with van der Waals surface area (Å²) in [5.41, 5.74) is 0.662. The number of nitrogens with one attached hydrogen (secondary N) is 3. The number of aliphatic carboxylic acids is 1. The Morgan fingerprint density at radius 2 is 2.10 bits per heavy atom. The van der Waals surface area contributed by atoms with E-state index in [2.05, 4.69) is 34.4 Å². The molecule has 0 aromatic carbocycles. The molecule has 1 aromatic rings. The van der Waals surface area contributed by atoms with Crippen LogP contribution in [0.1, 0.15) is 39.3 Å². The summed E-state index contributed by atoms with van der Waals surface area (Å²) in [6.45, 7) is 6.13. The summed E-state index contributed by atoms with van der Waals surface area (Å²) in [6.07, 6.45) is 5.10. The lowest BCUT2D eigenvalue weighted by Crippen LogP contribution is -2.49. The van der Waals surface area contributed by atoms with Crippen LogP contribution in [-0.4, -0.2) is 39.2 Å². The standard InChI is InChI=1S/C14H24N4O3/c1-4-9(2)5-10(3)17-14(21)18-12(13(19)20)6-11-7-15-8-16-11/h7-10,12H,4-6H2,1-3H3,(H,15,16)(H,19,20)(H2,17,18,21)/t9?,10?,12-/m1/s1. The minimum absolute atomic E-state index is 0.00143. The van der Waals surface area contributed by atoms with Gasteiger partial charge >= 0.3 is 12.0 Å². The summed E-state index contributed by atoms with van der Waals surface area (Å²) in [5.74, 6) is -0.560. The molecule has 7 heteroatoms. The largest absolute Gasteiger partial charge is 0.480 e. The van der Waals surface area contributed by atoms with Gasteiger partial charge in [-0.3, -0.25) is 0 Å². The number of carbonyl (C=O) groups is 2. The van der Waals surface area contributed by atoms with Gasteiger partial charge in [-0.05, 0) is 19.3 Å². The lowest BCUT2D eigenvalue weighted by atomic mass is 10.0. The van der Waals surface area contributed by atoms with E-state index in [1.54, 1.807) is 6.20 Å². The molecular formula is C14H24N4O3. The number of carbonyl (C=O) groups excluding carboxylic acids is 1. The molecule has 0 bridgehead atoms. The van der Waals surface area contributed by atoms with Gasteiger partial charge in [0.15, 0.2) is 0 Å². The maximum Gasteiger partial charge on any atom is 0.326 e. The molecule has 3 atom stereocenters. The van der Waals surface area contributed by atoms with Crippen molar-refractivity contribution in [3.05, 3.63) is 18.2 Å². The molecule has 0 saturated carbocycles. The zero-order chi connectivity index (χ0) is 15.8. The summed E-state index contributed by atoms with van der Waals surface area (Å²) in [6, 6.07) is -1.44. The molecule has 1 heterocycles. The number of rotatable bonds is 8. The second kappa shape index (κ2) is 8.28. The monoisotopic (exact) mass is 296 g/mol. The zero-order valence-corrected chi connectivity index (χ0v) is 12.7. The van der Waals surface area contributed by atoms with Crippen LogP contribution in [0.4, 0.5) is 4.79 Å². The van der Waals surface area contributed by atoms with Crippen molar-refractivity contribution in [1.82, 2.24) is 20.6 Å². The first-order valence-electron chi connectivity index (χ1n) is 7.19. The van der Waals surface area contributed by atoms with Crippen LogP contribution in [0.3, 0.4) is 0 Å². The Labute approximate surface area is 124 Å². The van der Waals surface area contributed by atoms with Crippen LogP contribution in [-0.2, 0) is 11.2 Å². The van der Waals surface area contributed by atoms with Crippen LogP contribution in [0.2, 0.25) is 0 Å². The molecular weight excluding hydrogens is 272 g/mol. The molecule has 2 unspecified atom stereocenters. The number of urea groups is 1. The number of aromatic amines is 1. The number of hydrogen-bond donors (Lipinski definition) is 4. The van der Waals surface area contributed by atoms with Crippen molar-refractivity contribution in [2.45, 2.75) is 52.1 Å². The lowest BCUT2D eigenvalue weighted by molar-refractivity contribution is -0.139. The number of carboxylic acids is 1. The Hall–Kier alpha value is -2.05. The Balaban J connectivity index is 2.47. The molecule has 0 saturated heterocycles. The number of aromatic nitrogens is 2. The van der Waals surface area contributed by atoms with Gasteiger partial charge in [0.2, 0.25) is 0 Å². The van der Waals surface area contributed by atoms with E-state index in [0.29, 0.717) is 11.6 Å². The Morgan fingerprint density at radius 3 is 2.62 bits per heavy atom. The highest BCUT2D eigenvalue weighted by atomic mass is 16.4. The maximum absolute atomic E-state index is 11.9. The summed E-state index contributed by atoms with van der Waals surface area (Å²) in [5, 5.41) is 14.4. The van der Waals surface area contributed by atoms with E-state index in [-0.39, 0.29) is 12.5 Å². The summed E-state index contributed by atoms with van der Waals surface area (Å²) >= 11 is 0. The molecule has 1 rings (SSSR count). The molecule has 0 fully saturated rings. The molecule has 0 spiro atoms. The van der Waals surface area contributed by atoms with Gasteiger partial charge in [0, 0.05) is 24.4 Å². The van der Waals surface area contributed by atoms with Crippen molar-refractivity contribution in [2.24, 2.45) is 5.92 Å². The Morgan fingerprint density at radius 1 is 1.38 bits per heavy atom. The van der Waals surface area contributed by atoms with Gasteiger partial charge in [-0.15, -0.1) is 0 Å². The van der Waals surface area contributed by atoms with Crippen molar-refractivity contribution in [3.63, 3.8) is 0 Å². The van der Waals surface area contributed by atoms with Gasteiger partial charge in [-0.1, -0.05) is 20.3 Å². The number of amides is 2. The number of hydrogen-bond acceptors (Lipinski definition) is 3. The first-order valence-corrected chi connectivity index (χ1v) is 7.19. The quantitative estimate of drug-likeness (QED) is 0.583. The SMILES string of the molecule is CCC(C)CC(C)NC(=O)N[C@H](Cc1cnc[nH]1)C(=O)O. The van der Waals surface area contributed by atoms with E-state index >= 15 is 0 Å². The molecule has 0 radical (unpaired) electrons. The lowest BCUT2D eigenvalue weighted by Gasteiger charge is -2.20. The highest BCUT2D eigenvalue weighted by Crippen LogP contribution is 2.09. The van der Waals surface area contributed by atoms with Crippen LogP contribution in [0, 0.1) is 5.92 Å². The summed E-state index contributed by atoms with van der Waals surface area (Å²) < 4.78 is 0. The van der Waals surface area contributed by atoms with Gasteiger partial charge in [0.1, 0.15) is 6.04 Å². The second-order valence-electron chi connectivity index (χ2n) is 5.44. The third-order valence-corrected chi connectivity index (χ3v) is 3.41. The molecule has 2 amide bonds. The van der Waals surface area contributed by atoms with Crippen LogP contribution < -0.4 is 10.6 Å². The third-order valence-electron chi connectivity index (χ3n) is 3.41. The fourth-order valence-electron chi connectivity index (χ4n) is 2.07. The predicted molar refractivity (Wildman–Crippen MR) is 78.9 cm³/mol. The van der Waals surface area contributed by atoms with Gasteiger partial charge < -0.3 is 20.7 Å². The van der Waals surface area contributed by atoms with Crippen LogP contribution in [0.5, 0.6) is 0 Å². The van der Waals surface area contributed by atoms with E-state index in [1.165, 1.54) is 6.33 Å². The van der Waals surface area contributed by atoms with Crippen LogP contribution in [0.25, 0.3) is 0 Å². The van der Waals surface area contributed by atoms with Crippen LogP contribution >= 0.6 is 0 Å². The summed E-state index contributed by atoms with van der Waals surface area (Å²) in [4.78, 5) is 29.7. The predicted octanol–water partition coefficient (Wildman–Crippen LogP) is 1.53. The molecule has 1 aromatic heterocycles. The number of carboxylic acid groups (broad SMARTS) is 1. The van der Waals surface area contributed by atoms with Crippen molar-refractivity contribution in [1.29, 1.82) is 0 Å². The van der Waals surface area contributed by atoms with Crippen molar-refractivity contribution in [2.75, 3.05) is 0 Å². The topological polar surface area (TPSA) is 107 Å². The molecule has 7 nitrogen and oxygen atoms in total. The summed E-state index contributed by atoms with van der Waals surface area (Å²) in [7, 11) is 0. The Bertz CT molecular complexity index is 447. The van der Waals surface area contributed by atoms with Gasteiger partial charge in [0.05, 0.1) is 6.33 Å². The first-order chi connectivity index (χ1) is 9.92. The minimum Gasteiger partial charge on any atom is -0.480 e. The normalized spacial score (nSPS) is 15.0. The molecule has 0 aliphatic carbocycles. The van der Waals surface area contributed by atoms with Gasteiger partial charge in [-0.2, -0.15) is 0 Å². The number of H-pyrrole nitrogens is 1. The molecule has 4 N–H and O–H groups in total. The van der Waals surface area contributed by atoms with E-state index in [0.717, 1.165) is 12.8 Å². The fourth-order valence-corrected chi connectivity index (χ4v) is 2.07. The zero-order valence-electron chi connectivity index (χ0n) is 12.7. The van der Waals surface area contributed by atoms with Crippen molar-refractivity contribution in [3.8, 4) is 0 Å². The fraction of sp³-hybridized carbons (Fsp3) is 0.643. The average molecular weight is 296 g/mol. The van der Waals surface area contributed by atoms with Crippen molar-refractivity contribution < 1.29 is 14.7 Å². The molecule has 118 valence electrons. The number of imidazole rings is 1. The maximum atomic E-state index is 11.9. The molecule has 21 heavy (non-hydrogen) atoms. The van der Waals surface area contributed by atoms with Crippen LogP contribution in [0.15, 0.2) is 12.5 Å². The minimum atomic E-state index is -1.07. The molecule has 0 aliphatic rings. The highest BCUT2D eigenvalue weighted by molar-refractivity contribution is 5.82. The van der Waals surface area contributed by atoms with E-state index < -0.39 is 18.0 Å². The second-order valence-corrected chi connectivity index (χ2v) is 5.44. The van der Waals surface area contributed by atoms with Gasteiger partial charge in [-0.25, -0.2) is 14.6 Å². The highest BCUT2D eigenvalue weighted by Gasteiger charge is 2.21. The molecule has 0 aliphatic heterocycles. The van der Waals surface area contributed by atoms with E-state index in [9.17, 15) is 9.59 Å².